The van der Waals surface area contributed by atoms with E-state index in [1.54, 1.807) is 0 Å². The van der Waals surface area contributed by atoms with Gasteiger partial charge in [0.05, 0.1) is 0 Å². The van der Waals surface area contributed by atoms with Gasteiger partial charge in [-0.3, -0.25) is 4.90 Å². The molecule has 0 aromatic rings. The molecule has 84 valence electrons. The molecule has 0 spiro atoms. The molecule has 1 saturated heterocycles. The molecule has 1 rings (SSSR count). The molecule has 6 heteroatoms. The number of aliphatic carboxylic acids is 1. The molecule has 0 aromatic heterocycles. The van der Waals surface area contributed by atoms with Crippen LogP contribution >= 0.6 is 0 Å². The second-order valence-corrected chi connectivity index (χ2v) is 3.52. The van der Waals surface area contributed by atoms with Crippen molar-refractivity contribution >= 4 is 18.3 Å². The highest BCUT2D eigenvalue weighted by atomic mass is 16.4. The van der Waals surface area contributed by atoms with Crippen molar-refractivity contribution in [2.45, 2.75) is 37.8 Å². The van der Waals surface area contributed by atoms with E-state index in [0.29, 0.717) is 25.5 Å². The smallest absolute Gasteiger partial charge is 0.408 e. The number of rotatable bonds is 4. The summed E-state index contributed by atoms with van der Waals surface area (Å²) in [5.74, 6) is -1.12. The lowest BCUT2D eigenvalue weighted by Gasteiger charge is -2.24. The summed E-state index contributed by atoms with van der Waals surface area (Å²) >= 11 is 0. The molecule has 0 saturated carbocycles. The van der Waals surface area contributed by atoms with Crippen molar-refractivity contribution < 1.29 is 24.6 Å². The Morgan fingerprint density at radius 1 is 1.33 bits per heavy atom. The molecule has 1 fully saturated rings. The number of hydrogen-bond acceptors (Lipinski definition) is 3. The monoisotopic (exact) mass is 215 g/mol. The van der Waals surface area contributed by atoms with E-state index < -0.39 is 18.1 Å². The van der Waals surface area contributed by atoms with Gasteiger partial charge in [-0.05, 0) is 19.3 Å². The first kappa shape index (κ1) is 11.5. The van der Waals surface area contributed by atoms with E-state index in [4.69, 9.17) is 10.2 Å². The first-order valence-electron chi connectivity index (χ1n) is 4.75. The molecule has 1 aliphatic heterocycles. The Morgan fingerprint density at radius 3 is 2.47 bits per heavy atom. The van der Waals surface area contributed by atoms with Crippen LogP contribution < -0.4 is 0 Å². The molecule has 1 heterocycles. The minimum Gasteiger partial charge on any atom is -0.480 e. The third-order valence-corrected chi connectivity index (χ3v) is 2.63. The van der Waals surface area contributed by atoms with Crippen molar-refractivity contribution in [2.24, 2.45) is 0 Å². The maximum absolute atomic E-state index is 10.9. The number of nitrogens with zero attached hydrogens (tertiary/aromatic N) is 1. The SMILES string of the molecule is O=CCCC1CCC(C(=O)O)N1C(=O)O. The van der Waals surface area contributed by atoms with Crippen LogP contribution in [0, 0.1) is 0 Å². The average molecular weight is 215 g/mol. The van der Waals surface area contributed by atoms with E-state index in [2.05, 4.69) is 0 Å². The summed E-state index contributed by atoms with van der Waals surface area (Å²) in [5, 5.41) is 17.7. The molecule has 2 N–H and O–H groups in total. The zero-order valence-corrected chi connectivity index (χ0v) is 8.13. The Morgan fingerprint density at radius 2 is 2.00 bits per heavy atom. The molecule has 0 bridgehead atoms. The second kappa shape index (κ2) is 4.77. The van der Waals surface area contributed by atoms with E-state index in [1.807, 2.05) is 0 Å². The van der Waals surface area contributed by atoms with Gasteiger partial charge in [0, 0.05) is 12.5 Å². The van der Waals surface area contributed by atoms with Crippen molar-refractivity contribution in [1.29, 1.82) is 0 Å². The van der Waals surface area contributed by atoms with Gasteiger partial charge in [0.1, 0.15) is 12.3 Å². The van der Waals surface area contributed by atoms with E-state index in [0.717, 1.165) is 4.90 Å². The van der Waals surface area contributed by atoms with Gasteiger partial charge in [-0.2, -0.15) is 0 Å². The highest BCUT2D eigenvalue weighted by Gasteiger charge is 2.40. The van der Waals surface area contributed by atoms with Crippen LogP contribution in [0.5, 0.6) is 0 Å². The Balaban J connectivity index is 2.70. The largest absolute Gasteiger partial charge is 0.480 e. The normalized spacial score (nSPS) is 25.2. The number of amides is 1. The predicted octanol–water partition coefficient (Wildman–Crippen LogP) is 0.561. The first-order valence-corrected chi connectivity index (χ1v) is 4.75. The summed E-state index contributed by atoms with van der Waals surface area (Å²) in [6.45, 7) is 0. The van der Waals surface area contributed by atoms with Crippen LogP contribution in [-0.2, 0) is 9.59 Å². The molecule has 0 aliphatic carbocycles. The van der Waals surface area contributed by atoms with Crippen molar-refractivity contribution in [3.8, 4) is 0 Å². The number of hydrogen-bond donors (Lipinski definition) is 2. The minimum absolute atomic E-state index is 0.265. The molecular weight excluding hydrogens is 202 g/mol. The molecule has 0 aromatic carbocycles. The zero-order valence-electron chi connectivity index (χ0n) is 8.13. The zero-order chi connectivity index (χ0) is 11.4. The molecule has 1 amide bonds. The Bertz CT molecular complexity index is 278. The van der Waals surface area contributed by atoms with Crippen LogP contribution in [-0.4, -0.2) is 45.5 Å². The highest BCUT2D eigenvalue weighted by Crippen LogP contribution is 2.27. The number of likely N-dealkylation sites (tertiary alicyclic amines) is 1. The van der Waals surface area contributed by atoms with Crippen LogP contribution in [0.2, 0.25) is 0 Å². The van der Waals surface area contributed by atoms with E-state index in [1.165, 1.54) is 0 Å². The molecule has 2 atom stereocenters. The molecule has 1 aliphatic rings. The van der Waals surface area contributed by atoms with Crippen LogP contribution in [0.1, 0.15) is 25.7 Å². The lowest BCUT2D eigenvalue weighted by Crippen LogP contribution is -2.44. The van der Waals surface area contributed by atoms with Crippen molar-refractivity contribution in [1.82, 2.24) is 4.90 Å². The van der Waals surface area contributed by atoms with Gasteiger partial charge < -0.3 is 15.0 Å². The second-order valence-electron chi connectivity index (χ2n) is 3.52. The summed E-state index contributed by atoms with van der Waals surface area (Å²) in [5.41, 5.74) is 0. The van der Waals surface area contributed by atoms with Crippen LogP contribution in [0.15, 0.2) is 0 Å². The Hall–Kier alpha value is -1.59. The van der Waals surface area contributed by atoms with Crippen molar-refractivity contribution in [3.05, 3.63) is 0 Å². The Labute approximate surface area is 86.5 Å². The van der Waals surface area contributed by atoms with Gasteiger partial charge in [-0.25, -0.2) is 9.59 Å². The van der Waals surface area contributed by atoms with Gasteiger partial charge in [-0.1, -0.05) is 0 Å². The number of carboxylic acid groups (broad SMARTS) is 2. The van der Waals surface area contributed by atoms with Crippen molar-refractivity contribution in [2.75, 3.05) is 0 Å². The first-order chi connectivity index (χ1) is 7.07. The lowest BCUT2D eigenvalue weighted by atomic mass is 10.1. The lowest BCUT2D eigenvalue weighted by molar-refractivity contribution is -0.142. The quantitative estimate of drug-likeness (QED) is 0.668. The fraction of sp³-hybridized carbons (Fsp3) is 0.667. The molecule has 0 radical (unpaired) electrons. The standard InChI is InChI=1S/C9H13NO5/c11-5-1-2-6-3-4-7(8(12)13)10(6)9(14)15/h5-7H,1-4H2,(H,12,13)(H,14,15). The van der Waals surface area contributed by atoms with Gasteiger partial charge in [0.25, 0.3) is 0 Å². The summed E-state index contributed by atoms with van der Waals surface area (Å²) in [7, 11) is 0. The minimum atomic E-state index is -1.23. The number of aldehydes is 1. The summed E-state index contributed by atoms with van der Waals surface area (Å²) in [6.07, 6.45) is 0.993. The summed E-state index contributed by atoms with van der Waals surface area (Å²) in [4.78, 5) is 32.7. The topological polar surface area (TPSA) is 94.9 Å². The number of carbonyl (C=O) groups is 3. The fourth-order valence-corrected chi connectivity index (χ4v) is 1.96. The van der Waals surface area contributed by atoms with E-state index in [-0.39, 0.29) is 12.5 Å². The van der Waals surface area contributed by atoms with Gasteiger partial charge >= 0.3 is 12.1 Å². The van der Waals surface area contributed by atoms with Crippen LogP contribution in [0.4, 0.5) is 4.79 Å². The van der Waals surface area contributed by atoms with Crippen LogP contribution in [0.3, 0.4) is 0 Å². The maximum atomic E-state index is 10.9. The van der Waals surface area contributed by atoms with E-state index >= 15 is 0 Å². The number of carboxylic acids is 1. The van der Waals surface area contributed by atoms with Crippen LogP contribution in [0.25, 0.3) is 0 Å². The van der Waals surface area contributed by atoms with Gasteiger partial charge in [0.2, 0.25) is 0 Å². The van der Waals surface area contributed by atoms with E-state index in [9.17, 15) is 14.4 Å². The van der Waals surface area contributed by atoms with Crippen molar-refractivity contribution in [3.63, 3.8) is 0 Å². The summed E-state index contributed by atoms with van der Waals surface area (Å²) < 4.78 is 0. The van der Waals surface area contributed by atoms with Gasteiger partial charge in [0.15, 0.2) is 0 Å². The molecule has 2 unspecified atom stereocenters. The average Bonchev–Trinajstić information content (AvgIpc) is 2.58. The molecule has 6 nitrogen and oxygen atoms in total. The fourth-order valence-electron chi connectivity index (χ4n) is 1.96. The number of carbonyl (C=O) groups excluding carboxylic acids is 1. The molecular formula is C9H13NO5. The predicted molar refractivity (Wildman–Crippen MR) is 49.6 cm³/mol. The molecule has 15 heavy (non-hydrogen) atoms. The third-order valence-electron chi connectivity index (χ3n) is 2.63. The summed E-state index contributed by atoms with van der Waals surface area (Å²) in [6, 6.07) is -1.30. The maximum Gasteiger partial charge on any atom is 0.408 e. The Kier molecular flexibility index (Phi) is 3.65. The third kappa shape index (κ3) is 2.45. The van der Waals surface area contributed by atoms with Gasteiger partial charge in [-0.15, -0.1) is 0 Å². The highest BCUT2D eigenvalue weighted by molar-refractivity contribution is 5.80.